The lowest BCUT2D eigenvalue weighted by molar-refractivity contribution is -0.116. The molecule has 1 N–H and O–H groups in total. The minimum atomic E-state index is -0.381. The second-order valence-electron chi connectivity index (χ2n) is 5.51. The first-order valence-electron chi connectivity index (χ1n) is 8.00. The molecular weight excluding hydrogens is 425 g/mol. The van der Waals surface area contributed by atoms with Crippen LogP contribution in [0.1, 0.15) is 17.4 Å². The Morgan fingerprint density at radius 3 is 2.56 bits per heavy atom. The van der Waals surface area contributed by atoms with Crippen molar-refractivity contribution in [3.05, 3.63) is 56.1 Å². The van der Waals surface area contributed by atoms with Gasteiger partial charge in [0.2, 0.25) is 5.91 Å². The van der Waals surface area contributed by atoms with Gasteiger partial charge in [0.15, 0.2) is 0 Å². The van der Waals surface area contributed by atoms with E-state index in [1.54, 1.807) is 41.8 Å². The van der Waals surface area contributed by atoms with Crippen molar-refractivity contribution in [2.75, 3.05) is 18.4 Å². The first kappa shape index (κ1) is 19.8. The molecule has 5 nitrogen and oxygen atoms in total. The van der Waals surface area contributed by atoms with Crippen molar-refractivity contribution in [3.8, 4) is 10.6 Å². The van der Waals surface area contributed by atoms with Crippen LogP contribution in [0.15, 0.2) is 40.4 Å². The maximum atomic E-state index is 12.7. The SMILES string of the molecule is CCN(CC(=O)Nc1c(Cl)cccc1Cl)C(=O)c1csc(-c2ccsc2)n1. The zero-order valence-corrected chi connectivity index (χ0v) is 17.4. The molecule has 0 bridgehead atoms. The summed E-state index contributed by atoms with van der Waals surface area (Å²) < 4.78 is 0. The third-order valence-corrected chi connectivity index (χ3v) is 5.93. The fourth-order valence-corrected chi connectivity index (χ4v) is 4.35. The standard InChI is InChI=1S/C18H15Cl2N3O2S2/c1-2-23(8-15(24)22-16-12(19)4-3-5-13(16)20)18(25)14-10-27-17(21-14)11-6-7-26-9-11/h3-7,9-10H,2,8H2,1H3,(H,22,24). The fourth-order valence-electron chi connectivity index (χ4n) is 2.35. The van der Waals surface area contributed by atoms with Gasteiger partial charge in [0, 0.05) is 22.9 Å². The summed E-state index contributed by atoms with van der Waals surface area (Å²) in [5.74, 6) is -0.677. The molecule has 3 aromatic rings. The highest BCUT2D eigenvalue weighted by atomic mass is 35.5. The number of rotatable bonds is 6. The maximum Gasteiger partial charge on any atom is 0.273 e. The first-order chi connectivity index (χ1) is 13.0. The van der Waals surface area contributed by atoms with Crippen LogP contribution in [0.5, 0.6) is 0 Å². The summed E-state index contributed by atoms with van der Waals surface area (Å²) in [6.07, 6.45) is 0. The van der Waals surface area contributed by atoms with Crippen LogP contribution in [0, 0.1) is 0 Å². The van der Waals surface area contributed by atoms with Gasteiger partial charge in [0.05, 0.1) is 15.7 Å². The zero-order valence-electron chi connectivity index (χ0n) is 14.2. The Labute approximate surface area is 174 Å². The van der Waals surface area contributed by atoms with Crippen molar-refractivity contribution in [3.63, 3.8) is 0 Å². The van der Waals surface area contributed by atoms with Crippen LogP contribution in [-0.4, -0.2) is 34.8 Å². The molecule has 27 heavy (non-hydrogen) atoms. The Bertz CT molecular complexity index is 937. The predicted octanol–water partition coefficient (Wildman–Crippen LogP) is 5.28. The lowest BCUT2D eigenvalue weighted by atomic mass is 10.3. The van der Waals surface area contributed by atoms with Gasteiger partial charge in [-0.15, -0.1) is 11.3 Å². The summed E-state index contributed by atoms with van der Waals surface area (Å²) >= 11 is 15.1. The van der Waals surface area contributed by atoms with E-state index in [0.29, 0.717) is 28.0 Å². The lowest BCUT2D eigenvalue weighted by Crippen LogP contribution is -2.38. The van der Waals surface area contributed by atoms with Gasteiger partial charge in [-0.05, 0) is 30.5 Å². The number of thiazole rings is 1. The monoisotopic (exact) mass is 439 g/mol. The van der Waals surface area contributed by atoms with E-state index in [9.17, 15) is 9.59 Å². The average Bonchev–Trinajstić information content (AvgIpc) is 3.33. The molecule has 9 heteroatoms. The maximum absolute atomic E-state index is 12.7. The lowest BCUT2D eigenvalue weighted by Gasteiger charge is -2.19. The van der Waals surface area contributed by atoms with Crippen LogP contribution in [0.2, 0.25) is 10.0 Å². The number of nitrogens with one attached hydrogen (secondary N) is 1. The number of para-hydroxylation sites is 1. The Kier molecular flexibility index (Phi) is 6.49. The van der Waals surface area contributed by atoms with E-state index < -0.39 is 0 Å². The molecular formula is C18H15Cl2N3O2S2. The van der Waals surface area contributed by atoms with Gasteiger partial charge in [0.25, 0.3) is 5.91 Å². The van der Waals surface area contributed by atoms with Gasteiger partial charge in [-0.25, -0.2) is 4.98 Å². The number of hydrogen-bond acceptors (Lipinski definition) is 5. The number of halogens is 2. The van der Waals surface area contributed by atoms with Crippen molar-refractivity contribution >= 4 is 63.4 Å². The van der Waals surface area contributed by atoms with E-state index in [4.69, 9.17) is 23.2 Å². The Hall–Kier alpha value is -1.93. The van der Waals surface area contributed by atoms with Crippen LogP contribution in [0.4, 0.5) is 5.69 Å². The number of amides is 2. The predicted molar refractivity (Wildman–Crippen MR) is 112 cm³/mol. The summed E-state index contributed by atoms with van der Waals surface area (Å²) in [6, 6.07) is 6.91. The summed E-state index contributed by atoms with van der Waals surface area (Å²) in [5.41, 5.74) is 1.65. The summed E-state index contributed by atoms with van der Waals surface area (Å²) in [5, 5.41) is 9.77. The summed E-state index contributed by atoms with van der Waals surface area (Å²) in [6.45, 7) is 2.05. The second kappa shape index (κ2) is 8.84. The Morgan fingerprint density at radius 1 is 1.19 bits per heavy atom. The molecule has 2 heterocycles. The molecule has 0 saturated heterocycles. The molecule has 1 aromatic carbocycles. The van der Waals surface area contributed by atoms with Crippen molar-refractivity contribution in [2.24, 2.45) is 0 Å². The van der Waals surface area contributed by atoms with E-state index in [1.165, 1.54) is 16.2 Å². The molecule has 0 atom stereocenters. The second-order valence-corrected chi connectivity index (χ2v) is 7.97. The summed E-state index contributed by atoms with van der Waals surface area (Å²) in [4.78, 5) is 30.9. The normalized spacial score (nSPS) is 10.6. The molecule has 0 spiro atoms. The minimum absolute atomic E-state index is 0.123. The molecule has 2 amide bonds. The largest absolute Gasteiger partial charge is 0.328 e. The van der Waals surface area contributed by atoms with Gasteiger partial charge >= 0.3 is 0 Å². The van der Waals surface area contributed by atoms with Gasteiger partial charge in [-0.1, -0.05) is 29.3 Å². The number of hydrogen-bond donors (Lipinski definition) is 1. The number of aromatic nitrogens is 1. The van der Waals surface area contributed by atoms with Crippen LogP contribution >= 0.6 is 45.9 Å². The van der Waals surface area contributed by atoms with Gasteiger partial charge in [-0.3, -0.25) is 9.59 Å². The van der Waals surface area contributed by atoms with Crippen molar-refractivity contribution in [1.82, 2.24) is 9.88 Å². The van der Waals surface area contributed by atoms with Crippen molar-refractivity contribution in [1.29, 1.82) is 0 Å². The fraction of sp³-hybridized carbons (Fsp3) is 0.167. The van der Waals surface area contributed by atoms with Crippen LogP contribution in [-0.2, 0) is 4.79 Å². The van der Waals surface area contributed by atoms with E-state index in [2.05, 4.69) is 10.3 Å². The third kappa shape index (κ3) is 4.68. The highest BCUT2D eigenvalue weighted by Gasteiger charge is 2.21. The van der Waals surface area contributed by atoms with Crippen LogP contribution < -0.4 is 5.32 Å². The van der Waals surface area contributed by atoms with Crippen molar-refractivity contribution in [2.45, 2.75) is 6.92 Å². The Morgan fingerprint density at radius 2 is 1.93 bits per heavy atom. The molecule has 0 aliphatic heterocycles. The molecule has 0 fully saturated rings. The first-order valence-corrected chi connectivity index (χ1v) is 10.6. The van der Waals surface area contributed by atoms with E-state index in [1.807, 2.05) is 16.8 Å². The molecule has 140 valence electrons. The molecule has 0 radical (unpaired) electrons. The topological polar surface area (TPSA) is 62.3 Å². The van der Waals surface area contributed by atoms with Gasteiger partial charge in [-0.2, -0.15) is 11.3 Å². The number of nitrogens with zero attached hydrogens (tertiary/aromatic N) is 2. The average molecular weight is 440 g/mol. The van der Waals surface area contributed by atoms with Gasteiger partial charge < -0.3 is 10.2 Å². The van der Waals surface area contributed by atoms with E-state index in [0.717, 1.165) is 10.6 Å². The highest BCUT2D eigenvalue weighted by Crippen LogP contribution is 2.30. The zero-order chi connectivity index (χ0) is 19.4. The van der Waals surface area contributed by atoms with Crippen molar-refractivity contribution < 1.29 is 9.59 Å². The van der Waals surface area contributed by atoms with E-state index in [-0.39, 0.29) is 18.4 Å². The molecule has 0 saturated carbocycles. The number of thiophene rings is 1. The quantitative estimate of drug-likeness (QED) is 0.567. The number of carbonyl (C=O) groups excluding carboxylic acids is 2. The molecule has 0 aliphatic rings. The Balaban J connectivity index is 1.69. The van der Waals surface area contributed by atoms with E-state index >= 15 is 0 Å². The van der Waals surface area contributed by atoms with Crippen LogP contribution in [0.25, 0.3) is 10.6 Å². The number of anilines is 1. The molecule has 0 unspecified atom stereocenters. The highest BCUT2D eigenvalue weighted by molar-refractivity contribution is 7.14. The number of benzene rings is 1. The van der Waals surface area contributed by atoms with Gasteiger partial charge in [0.1, 0.15) is 17.2 Å². The van der Waals surface area contributed by atoms with Crippen LogP contribution in [0.3, 0.4) is 0 Å². The number of carbonyl (C=O) groups is 2. The third-order valence-electron chi connectivity index (χ3n) is 3.72. The summed E-state index contributed by atoms with van der Waals surface area (Å²) in [7, 11) is 0. The minimum Gasteiger partial charge on any atom is -0.328 e. The number of likely N-dealkylation sites (N-methyl/N-ethyl adjacent to an activating group) is 1. The molecule has 3 rings (SSSR count). The molecule has 2 aromatic heterocycles. The smallest absolute Gasteiger partial charge is 0.273 e. The molecule has 0 aliphatic carbocycles.